The van der Waals surface area contributed by atoms with Gasteiger partial charge in [-0.05, 0) is 20.3 Å². The van der Waals surface area contributed by atoms with Crippen molar-refractivity contribution in [2.45, 2.75) is 45.2 Å². The maximum atomic E-state index is 11.7. The molecule has 0 saturated carbocycles. The molecule has 0 aromatic carbocycles. The van der Waals surface area contributed by atoms with E-state index in [1.165, 1.54) is 13.8 Å². The monoisotopic (exact) mass is 259 g/mol. The average Bonchev–Trinajstić information content (AvgIpc) is 2.24. The van der Waals surface area contributed by atoms with Gasteiger partial charge in [-0.1, -0.05) is 6.92 Å². The largest absolute Gasteiger partial charge is 0.481 e. The number of hydrogen-bond donors (Lipinski definition) is 4. The van der Waals surface area contributed by atoms with Gasteiger partial charge < -0.3 is 21.5 Å². The van der Waals surface area contributed by atoms with Crippen molar-refractivity contribution in [3.05, 3.63) is 0 Å². The van der Waals surface area contributed by atoms with E-state index in [-0.39, 0.29) is 5.91 Å². The van der Waals surface area contributed by atoms with E-state index < -0.39 is 29.9 Å². The fraction of sp³-hybridized carbons (Fsp3) is 0.727. The Morgan fingerprint density at radius 3 is 2.33 bits per heavy atom. The molecular formula is C11H21N3O4. The van der Waals surface area contributed by atoms with Crippen LogP contribution in [0.5, 0.6) is 0 Å². The molecule has 0 aliphatic rings. The summed E-state index contributed by atoms with van der Waals surface area (Å²) in [6, 6.07) is -1.17. The van der Waals surface area contributed by atoms with E-state index >= 15 is 0 Å². The van der Waals surface area contributed by atoms with Crippen LogP contribution in [0.25, 0.3) is 0 Å². The van der Waals surface area contributed by atoms with Gasteiger partial charge in [-0.3, -0.25) is 14.4 Å². The van der Waals surface area contributed by atoms with E-state index in [1.54, 1.807) is 0 Å². The molecular weight excluding hydrogens is 238 g/mol. The lowest BCUT2D eigenvalue weighted by Gasteiger charge is -2.26. The molecule has 7 heteroatoms. The third-order valence-corrected chi connectivity index (χ3v) is 2.27. The highest BCUT2D eigenvalue weighted by Gasteiger charge is 2.31. The van der Waals surface area contributed by atoms with Crippen molar-refractivity contribution in [1.82, 2.24) is 10.6 Å². The predicted molar refractivity (Wildman–Crippen MR) is 65.8 cm³/mol. The summed E-state index contributed by atoms with van der Waals surface area (Å²) in [7, 11) is 0. The van der Waals surface area contributed by atoms with Crippen LogP contribution >= 0.6 is 0 Å². The molecule has 7 nitrogen and oxygen atoms in total. The highest BCUT2D eigenvalue weighted by atomic mass is 16.4. The predicted octanol–water partition coefficient (Wildman–Crippen LogP) is -0.791. The third-order valence-electron chi connectivity index (χ3n) is 2.27. The fourth-order valence-electron chi connectivity index (χ4n) is 1.20. The minimum Gasteiger partial charge on any atom is -0.481 e. The average molecular weight is 259 g/mol. The van der Waals surface area contributed by atoms with Crippen LogP contribution in [0.2, 0.25) is 0 Å². The van der Waals surface area contributed by atoms with Gasteiger partial charge in [0.1, 0.15) is 5.54 Å². The van der Waals surface area contributed by atoms with Gasteiger partial charge in [-0.25, -0.2) is 0 Å². The molecule has 104 valence electrons. The lowest BCUT2D eigenvalue weighted by Crippen LogP contribution is -2.58. The summed E-state index contributed by atoms with van der Waals surface area (Å²) in [6.07, 6.45) is 0.312. The van der Waals surface area contributed by atoms with E-state index in [9.17, 15) is 14.4 Å². The summed E-state index contributed by atoms with van der Waals surface area (Å²) in [6.45, 7) is 5.49. The maximum absolute atomic E-state index is 11.7. The quantitative estimate of drug-likeness (QED) is 0.477. The Balaban J connectivity index is 4.42. The first-order valence-electron chi connectivity index (χ1n) is 5.78. The van der Waals surface area contributed by atoms with E-state index in [1.807, 2.05) is 6.92 Å². The van der Waals surface area contributed by atoms with Crippen molar-refractivity contribution in [2.75, 3.05) is 6.54 Å². The third kappa shape index (κ3) is 5.62. The zero-order valence-electron chi connectivity index (χ0n) is 10.9. The molecule has 0 unspecified atom stereocenters. The second-order valence-corrected chi connectivity index (χ2v) is 4.57. The Morgan fingerprint density at radius 2 is 1.89 bits per heavy atom. The number of hydrogen-bond acceptors (Lipinski definition) is 4. The number of carbonyl (C=O) groups is 3. The van der Waals surface area contributed by atoms with Gasteiger partial charge in [0, 0.05) is 6.54 Å². The number of carbonyl (C=O) groups excluding carboxylic acids is 2. The molecule has 0 aromatic rings. The van der Waals surface area contributed by atoms with Crippen molar-refractivity contribution in [2.24, 2.45) is 5.73 Å². The molecule has 0 radical (unpaired) electrons. The zero-order chi connectivity index (χ0) is 14.3. The summed E-state index contributed by atoms with van der Waals surface area (Å²) in [5, 5.41) is 13.6. The maximum Gasteiger partial charge on any atom is 0.305 e. The van der Waals surface area contributed by atoms with Gasteiger partial charge in [0.25, 0.3) is 0 Å². The van der Waals surface area contributed by atoms with Crippen LogP contribution in [-0.2, 0) is 14.4 Å². The summed E-state index contributed by atoms with van der Waals surface area (Å²) in [4.78, 5) is 33.7. The van der Waals surface area contributed by atoms with Crippen LogP contribution in [-0.4, -0.2) is 41.0 Å². The van der Waals surface area contributed by atoms with Gasteiger partial charge in [0.05, 0.1) is 12.5 Å². The number of nitrogens with two attached hydrogens (primary N) is 1. The van der Waals surface area contributed by atoms with Crippen LogP contribution in [0, 0.1) is 0 Å². The van der Waals surface area contributed by atoms with Gasteiger partial charge in [-0.2, -0.15) is 0 Å². The molecule has 1 atom stereocenters. The van der Waals surface area contributed by atoms with E-state index in [4.69, 9.17) is 10.8 Å². The molecule has 0 saturated heterocycles. The molecule has 2 amide bonds. The number of amides is 2. The summed E-state index contributed by atoms with van der Waals surface area (Å²) in [5.74, 6) is -2.15. The highest BCUT2D eigenvalue weighted by Crippen LogP contribution is 2.03. The molecule has 0 aliphatic carbocycles. The Kier molecular flexibility index (Phi) is 6.32. The number of nitrogens with one attached hydrogen (secondary N) is 2. The van der Waals surface area contributed by atoms with Crippen LogP contribution in [0.15, 0.2) is 0 Å². The highest BCUT2D eigenvalue weighted by molar-refractivity contribution is 5.93. The van der Waals surface area contributed by atoms with Crippen molar-refractivity contribution in [3.63, 3.8) is 0 Å². The molecule has 0 spiro atoms. The minimum absolute atomic E-state index is 0.333. The summed E-state index contributed by atoms with van der Waals surface area (Å²) < 4.78 is 0. The van der Waals surface area contributed by atoms with Gasteiger partial charge in [0.2, 0.25) is 11.8 Å². The lowest BCUT2D eigenvalue weighted by atomic mass is 10.0. The van der Waals surface area contributed by atoms with Crippen LogP contribution in [0.4, 0.5) is 0 Å². The number of carboxylic acid groups (broad SMARTS) is 1. The molecule has 0 bridgehead atoms. The summed E-state index contributed by atoms with van der Waals surface area (Å²) >= 11 is 0. The van der Waals surface area contributed by atoms with Crippen LogP contribution in [0.3, 0.4) is 0 Å². The van der Waals surface area contributed by atoms with Gasteiger partial charge in [0.15, 0.2) is 0 Å². The van der Waals surface area contributed by atoms with E-state index in [2.05, 4.69) is 10.6 Å². The fourth-order valence-corrected chi connectivity index (χ4v) is 1.20. The summed E-state index contributed by atoms with van der Waals surface area (Å²) in [5.41, 5.74) is 4.28. The minimum atomic E-state index is -1.17. The molecule has 5 N–H and O–H groups in total. The number of carboxylic acids is 1. The van der Waals surface area contributed by atoms with Gasteiger partial charge >= 0.3 is 5.97 Å². The van der Waals surface area contributed by atoms with E-state index in [0.717, 1.165) is 6.42 Å². The number of rotatable bonds is 7. The number of aliphatic carboxylic acids is 1. The Bertz CT molecular complexity index is 328. The first-order chi connectivity index (χ1) is 8.20. The normalized spacial score (nSPS) is 12.7. The Morgan fingerprint density at radius 1 is 1.33 bits per heavy atom. The van der Waals surface area contributed by atoms with Crippen LogP contribution < -0.4 is 16.4 Å². The van der Waals surface area contributed by atoms with Crippen molar-refractivity contribution >= 4 is 17.8 Å². The molecule has 0 aliphatic heterocycles. The molecule has 0 fully saturated rings. The van der Waals surface area contributed by atoms with Crippen molar-refractivity contribution in [1.29, 1.82) is 0 Å². The SMILES string of the molecule is CCCNC(=O)C(C)(C)NC(=O)[C@@H](N)CC(=O)O. The second-order valence-electron chi connectivity index (χ2n) is 4.57. The van der Waals surface area contributed by atoms with Crippen molar-refractivity contribution < 1.29 is 19.5 Å². The smallest absolute Gasteiger partial charge is 0.305 e. The molecule has 0 rings (SSSR count). The van der Waals surface area contributed by atoms with E-state index in [0.29, 0.717) is 6.54 Å². The zero-order valence-corrected chi connectivity index (χ0v) is 10.9. The Labute approximate surface area is 106 Å². The van der Waals surface area contributed by atoms with Crippen molar-refractivity contribution in [3.8, 4) is 0 Å². The standard InChI is InChI=1S/C11H21N3O4/c1-4-5-13-10(18)11(2,3)14-9(17)7(12)6-8(15)16/h7H,4-6,12H2,1-3H3,(H,13,18)(H,14,17)(H,15,16)/t7-/m0/s1. The van der Waals surface area contributed by atoms with Gasteiger partial charge in [-0.15, -0.1) is 0 Å². The van der Waals surface area contributed by atoms with Crippen LogP contribution in [0.1, 0.15) is 33.6 Å². The molecule has 0 aromatic heterocycles. The Hall–Kier alpha value is -1.63. The second kappa shape index (κ2) is 6.95. The topological polar surface area (TPSA) is 122 Å². The molecule has 0 heterocycles. The first kappa shape index (κ1) is 16.4. The lowest BCUT2D eigenvalue weighted by molar-refractivity contribution is -0.140. The molecule has 18 heavy (non-hydrogen) atoms. The first-order valence-corrected chi connectivity index (χ1v) is 5.78.